The molecule has 6 nitrogen and oxygen atoms in total. The Morgan fingerprint density at radius 3 is 2.38 bits per heavy atom. The topological polar surface area (TPSA) is 57.2 Å². The minimum atomic E-state index is -0.375. The Balaban J connectivity index is 1.72. The van der Waals surface area contributed by atoms with Crippen LogP contribution in [0.5, 0.6) is 5.75 Å². The largest absolute Gasteiger partial charge is 0.493 e. The number of nitrogens with zero attached hydrogens (tertiary/aromatic N) is 3. The molecular weight excluding hydrogens is 603 g/mol. The number of aliphatic imine (C=N–C) groups is 1. The highest BCUT2D eigenvalue weighted by Gasteiger charge is 2.45. The van der Waals surface area contributed by atoms with Crippen LogP contribution in [0.15, 0.2) is 80.7 Å². The summed E-state index contributed by atoms with van der Waals surface area (Å²) in [6.07, 6.45) is 0.613. The molecule has 37 heavy (non-hydrogen) atoms. The monoisotopic (exact) mass is 628 g/mol. The summed E-state index contributed by atoms with van der Waals surface area (Å²) in [6, 6.07) is 20.4. The minimum absolute atomic E-state index is 0.212. The van der Waals surface area contributed by atoms with Crippen molar-refractivity contribution in [2.45, 2.75) is 25.2 Å². The summed E-state index contributed by atoms with van der Waals surface area (Å²) in [4.78, 5) is 21.5. The number of hydrogen-bond donors (Lipinski definition) is 1. The van der Waals surface area contributed by atoms with E-state index in [-0.39, 0.29) is 24.1 Å². The summed E-state index contributed by atoms with van der Waals surface area (Å²) in [5.74, 6) is 0.726. The average Bonchev–Trinajstić information content (AvgIpc) is 3.30. The number of halogens is 3. The molecule has 1 saturated heterocycles. The van der Waals surface area contributed by atoms with Crippen LogP contribution in [0.1, 0.15) is 35.7 Å². The fourth-order valence-electron chi connectivity index (χ4n) is 5.05. The van der Waals surface area contributed by atoms with Crippen molar-refractivity contribution in [1.82, 2.24) is 15.1 Å². The smallest absolute Gasteiger partial charge is 0.211 e. The van der Waals surface area contributed by atoms with Crippen LogP contribution >= 0.6 is 31.9 Å². The fourth-order valence-corrected chi connectivity index (χ4v) is 5.58. The van der Waals surface area contributed by atoms with Crippen LogP contribution in [0.25, 0.3) is 0 Å². The maximum Gasteiger partial charge on any atom is 0.211 e. The molecule has 1 N–H and O–H groups in total. The van der Waals surface area contributed by atoms with Gasteiger partial charge in [0.25, 0.3) is 0 Å². The first-order valence-electron chi connectivity index (χ1n) is 12.2. The first kappa shape index (κ1) is 25.9. The second-order valence-electron chi connectivity index (χ2n) is 8.95. The molecule has 0 bridgehead atoms. The Hall–Kier alpha value is -2.75. The van der Waals surface area contributed by atoms with Crippen molar-refractivity contribution in [3.63, 3.8) is 0 Å². The van der Waals surface area contributed by atoms with Gasteiger partial charge in [0.2, 0.25) is 6.41 Å². The number of carbonyl (C=O) groups is 1. The first-order valence-corrected chi connectivity index (χ1v) is 13.8. The second kappa shape index (κ2) is 11.3. The molecule has 192 valence electrons. The van der Waals surface area contributed by atoms with E-state index in [0.29, 0.717) is 36.8 Å². The Bertz CT molecular complexity index is 1290. The molecule has 3 unspecified atom stereocenters. The van der Waals surface area contributed by atoms with Crippen molar-refractivity contribution in [2.24, 2.45) is 4.99 Å². The lowest BCUT2D eigenvalue weighted by Gasteiger charge is -2.44. The molecule has 1 amide bonds. The number of hydrogen-bond acceptors (Lipinski definition) is 5. The molecule has 0 radical (unpaired) electrons. The third-order valence-corrected chi connectivity index (χ3v) is 7.78. The summed E-state index contributed by atoms with van der Waals surface area (Å²) < 4.78 is 22.1. The quantitative estimate of drug-likeness (QED) is 0.342. The van der Waals surface area contributed by atoms with Crippen molar-refractivity contribution in [1.29, 1.82) is 0 Å². The van der Waals surface area contributed by atoms with E-state index in [1.54, 1.807) is 6.07 Å². The predicted molar refractivity (Wildman–Crippen MR) is 149 cm³/mol. The van der Waals surface area contributed by atoms with E-state index in [4.69, 9.17) is 9.73 Å². The second-order valence-corrected chi connectivity index (χ2v) is 10.8. The van der Waals surface area contributed by atoms with Crippen LogP contribution < -0.4 is 10.1 Å². The van der Waals surface area contributed by atoms with E-state index in [2.05, 4.69) is 66.3 Å². The molecule has 0 aliphatic carbocycles. The molecule has 3 atom stereocenters. The Labute approximate surface area is 232 Å². The Kier molecular flexibility index (Phi) is 7.92. The number of amidine groups is 1. The van der Waals surface area contributed by atoms with Gasteiger partial charge in [-0.3, -0.25) is 9.79 Å². The number of nitrogens with one attached hydrogen (secondary N) is 1. The molecule has 2 aliphatic rings. The maximum atomic E-state index is 14.3. The SMILES string of the molecule is CCOc1cc(F)ccc1C1=NC(c2ccc(Br)cc2)C(c2ccc(Br)cc2)N1C1CNCCN1C=O. The van der Waals surface area contributed by atoms with E-state index in [1.165, 1.54) is 12.1 Å². The van der Waals surface area contributed by atoms with Gasteiger partial charge in [0, 0.05) is 34.6 Å². The number of ether oxygens (including phenoxy) is 1. The standard InChI is InChI=1S/C28H27Br2FN4O2/c1-2-37-24-15-22(31)11-12-23(24)28-33-26(18-3-7-20(29)8-4-18)27(19-5-9-21(30)10-6-19)35(28)25-16-32-13-14-34(25)17-36/h3-12,15,17,25-27,32H,2,13-14,16H2,1H3. The van der Waals surface area contributed by atoms with E-state index in [0.717, 1.165) is 33.0 Å². The van der Waals surface area contributed by atoms with Gasteiger partial charge in [-0.05, 0) is 54.4 Å². The summed E-state index contributed by atoms with van der Waals surface area (Å²) in [7, 11) is 0. The zero-order chi connectivity index (χ0) is 25.9. The van der Waals surface area contributed by atoms with Gasteiger partial charge in [0.15, 0.2) is 0 Å². The average molecular weight is 630 g/mol. The van der Waals surface area contributed by atoms with Crippen LogP contribution in [0, 0.1) is 5.82 Å². The summed E-state index contributed by atoms with van der Waals surface area (Å²) in [5, 5.41) is 3.44. The summed E-state index contributed by atoms with van der Waals surface area (Å²) in [5.41, 5.74) is 2.80. The molecule has 3 aromatic rings. The molecule has 0 saturated carbocycles. The molecule has 2 aliphatic heterocycles. The number of piperazine rings is 1. The van der Waals surface area contributed by atoms with Crippen molar-refractivity contribution in [2.75, 3.05) is 26.2 Å². The lowest BCUT2D eigenvalue weighted by molar-refractivity contribution is -0.124. The first-order chi connectivity index (χ1) is 18.0. The van der Waals surface area contributed by atoms with Crippen LogP contribution in [0.4, 0.5) is 4.39 Å². The molecule has 1 fully saturated rings. The van der Waals surface area contributed by atoms with Gasteiger partial charge in [0.1, 0.15) is 29.6 Å². The van der Waals surface area contributed by atoms with Gasteiger partial charge in [-0.25, -0.2) is 4.39 Å². The zero-order valence-electron chi connectivity index (χ0n) is 20.3. The zero-order valence-corrected chi connectivity index (χ0v) is 23.5. The third-order valence-electron chi connectivity index (χ3n) is 6.73. The molecule has 0 spiro atoms. The van der Waals surface area contributed by atoms with E-state index in [1.807, 2.05) is 36.1 Å². The van der Waals surface area contributed by atoms with Crippen molar-refractivity contribution in [3.05, 3.63) is 98.2 Å². The number of benzene rings is 3. The molecule has 2 heterocycles. The fraction of sp³-hybridized carbons (Fsp3) is 0.286. The normalized spacial score (nSPS) is 21.6. The van der Waals surface area contributed by atoms with E-state index in [9.17, 15) is 9.18 Å². The Morgan fingerprint density at radius 1 is 1.05 bits per heavy atom. The van der Waals surface area contributed by atoms with Gasteiger partial charge in [-0.2, -0.15) is 0 Å². The third kappa shape index (κ3) is 5.30. The molecule has 3 aromatic carbocycles. The number of carbonyl (C=O) groups excluding carboxylic acids is 1. The Morgan fingerprint density at radius 2 is 1.73 bits per heavy atom. The highest BCUT2D eigenvalue weighted by atomic mass is 79.9. The minimum Gasteiger partial charge on any atom is -0.493 e. The number of rotatable bonds is 7. The number of amides is 1. The van der Waals surface area contributed by atoms with Crippen molar-refractivity contribution >= 4 is 44.1 Å². The maximum absolute atomic E-state index is 14.3. The molecule has 9 heteroatoms. The van der Waals surface area contributed by atoms with Crippen LogP contribution in [0.2, 0.25) is 0 Å². The van der Waals surface area contributed by atoms with Gasteiger partial charge in [-0.1, -0.05) is 56.1 Å². The lowest BCUT2D eigenvalue weighted by Crippen LogP contribution is -2.60. The highest BCUT2D eigenvalue weighted by molar-refractivity contribution is 9.10. The van der Waals surface area contributed by atoms with Crippen molar-refractivity contribution in [3.8, 4) is 5.75 Å². The lowest BCUT2D eigenvalue weighted by atomic mass is 9.93. The van der Waals surface area contributed by atoms with Gasteiger partial charge in [0.05, 0.1) is 18.2 Å². The summed E-state index contributed by atoms with van der Waals surface area (Å²) >= 11 is 7.09. The van der Waals surface area contributed by atoms with Gasteiger partial charge >= 0.3 is 0 Å². The van der Waals surface area contributed by atoms with E-state index < -0.39 is 0 Å². The van der Waals surface area contributed by atoms with Crippen LogP contribution in [-0.4, -0.2) is 54.5 Å². The van der Waals surface area contributed by atoms with Crippen molar-refractivity contribution < 1.29 is 13.9 Å². The van der Waals surface area contributed by atoms with Crippen LogP contribution in [-0.2, 0) is 4.79 Å². The van der Waals surface area contributed by atoms with Gasteiger partial charge in [-0.15, -0.1) is 0 Å². The molecule has 5 rings (SSSR count). The van der Waals surface area contributed by atoms with Crippen LogP contribution in [0.3, 0.4) is 0 Å². The summed E-state index contributed by atoms with van der Waals surface area (Å²) in [6.45, 7) is 4.13. The van der Waals surface area contributed by atoms with E-state index >= 15 is 0 Å². The predicted octanol–water partition coefficient (Wildman–Crippen LogP) is 5.68. The van der Waals surface area contributed by atoms with Gasteiger partial charge < -0.3 is 19.9 Å². The molecule has 0 aromatic heterocycles. The highest BCUT2D eigenvalue weighted by Crippen LogP contribution is 2.46. The molecular formula is C28H27Br2FN4O2.